The third kappa shape index (κ3) is 2.88. The summed E-state index contributed by atoms with van der Waals surface area (Å²) >= 11 is 0. The summed E-state index contributed by atoms with van der Waals surface area (Å²) < 4.78 is 8.28. The molecule has 3 heteroatoms. The molecule has 25 heavy (non-hydrogen) atoms. The van der Waals surface area contributed by atoms with Gasteiger partial charge >= 0.3 is 0 Å². The summed E-state index contributed by atoms with van der Waals surface area (Å²) in [5.41, 5.74) is 9.28. The summed E-state index contributed by atoms with van der Waals surface area (Å²) in [5, 5.41) is 1.67. The van der Waals surface area contributed by atoms with Gasteiger partial charge in [-0.3, -0.25) is 9.78 Å². The third-order valence-electron chi connectivity index (χ3n) is 4.22. The van der Waals surface area contributed by atoms with Crippen molar-refractivity contribution in [2.75, 3.05) is 0 Å². The lowest BCUT2D eigenvalue weighted by atomic mass is 9.99. The van der Waals surface area contributed by atoms with Gasteiger partial charge in [-0.15, -0.1) is 0 Å². The van der Waals surface area contributed by atoms with Gasteiger partial charge in [0, 0.05) is 22.7 Å². The molecule has 4 aromatic rings. The smallest absolute Gasteiger partial charge is 0.249 e. The van der Waals surface area contributed by atoms with Gasteiger partial charge in [-0.05, 0) is 34.7 Å². The van der Waals surface area contributed by atoms with Crippen LogP contribution in [0.25, 0.3) is 33.2 Å². The normalized spacial score (nSPS) is 11.3. The number of nitrogens with zero attached hydrogens (tertiary/aromatic N) is 1. The highest BCUT2D eigenvalue weighted by atomic mass is 16.1. The van der Waals surface area contributed by atoms with Gasteiger partial charge in [0.1, 0.15) is 0 Å². The summed E-state index contributed by atoms with van der Waals surface area (Å²) in [4.78, 5) is 16.1. The largest absolute Gasteiger partial charge is 0.366 e. The fraction of sp³-hybridized carbons (Fsp3) is 0. The van der Waals surface area contributed by atoms with Crippen LogP contribution in [0.4, 0.5) is 0 Å². The average Bonchev–Trinajstić information content (AvgIpc) is 2.68. The molecule has 3 aromatic carbocycles. The van der Waals surface area contributed by atoms with Crippen LogP contribution in [0.5, 0.6) is 0 Å². The van der Waals surface area contributed by atoms with Gasteiger partial charge in [-0.1, -0.05) is 60.7 Å². The predicted octanol–water partition coefficient (Wildman–Crippen LogP) is 4.67. The lowest BCUT2D eigenvalue weighted by Gasteiger charge is -2.08. The number of hydrogen-bond acceptors (Lipinski definition) is 2. The van der Waals surface area contributed by atoms with Crippen molar-refractivity contribution in [2.45, 2.75) is 0 Å². The first-order chi connectivity index (χ1) is 12.6. The molecule has 4 rings (SSSR count). The molecule has 120 valence electrons. The number of aromatic nitrogens is 1. The van der Waals surface area contributed by atoms with Crippen molar-refractivity contribution in [1.29, 1.82) is 0 Å². The van der Waals surface area contributed by atoms with Crippen molar-refractivity contribution in [3.8, 4) is 22.4 Å². The van der Waals surface area contributed by atoms with Crippen LogP contribution in [0.3, 0.4) is 0 Å². The Labute approximate surface area is 147 Å². The Hall–Kier alpha value is -3.46. The molecule has 0 aliphatic carbocycles. The molecule has 0 saturated carbocycles. The molecule has 0 aliphatic heterocycles. The average molecular weight is 325 g/mol. The molecule has 1 aromatic heterocycles. The van der Waals surface area contributed by atoms with Crippen molar-refractivity contribution in [2.24, 2.45) is 5.73 Å². The van der Waals surface area contributed by atoms with E-state index in [2.05, 4.69) is 4.98 Å². The van der Waals surface area contributed by atoms with Crippen LogP contribution in [0, 0.1) is 0 Å². The molecule has 2 N–H and O–H groups in total. The van der Waals surface area contributed by atoms with Crippen molar-refractivity contribution >= 4 is 16.7 Å². The Bertz CT molecular complexity index is 1120. The zero-order valence-corrected chi connectivity index (χ0v) is 13.4. The van der Waals surface area contributed by atoms with E-state index in [1.807, 2.05) is 60.7 Å². The monoisotopic (exact) mass is 325 g/mol. The predicted molar refractivity (Wildman–Crippen MR) is 101 cm³/mol. The lowest BCUT2D eigenvalue weighted by molar-refractivity contribution is 0.100. The number of primary amides is 1. The number of amides is 1. The van der Waals surface area contributed by atoms with Gasteiger partial charge in [-0.25, -0.2) is 0 Å². The van der Waals surface area contributed by atoms with Crippen LogP contribution in [0.15, 0.2) is 85.0 Å². The number of rotatable bonds is 3. The second-order valence-corrected chi connectivity index (χ2v) is 5.83. The lowest BCUT2D eigenvalue weighted by Crippen LogP contribution is -2.12. The van der Waals surface area contributed by atoms with E-state index in [9.17, 15) is 4.79 Å². The standard InChI is InChI=1S/C22H16N2O/c23-22(25)20-9-5-4-8-19(20)21-13-18-12-16(10-11-17(18)14-24-21)15-6-2-1-3-7-15/h1-14H,(H2,23,25)/i14D. The number of nitrogens with two attached hydrogens (primary N) is 1. The van der Waals surface area contributed by atoms with Crippen LogP contribution in [0.1, 0.15) is 11.7 Å². The van der Waals surface area contributed by atoms with E-state index in [1.165, 1.54) is 0 Å². The van der Waals surface area contributed by atoms with E-state index in [1.54, 1.807) is 18.2 Å². The Kier molecular flexibility index (Phi) is 3.46. The minimum atomic E-state index is -0.507. The second-order valence-electron chi connectivity index (χ2n) is 5.83. The molecule has 0 bridgehead atoms. The molecule has 0 aliphatic rings. The fourth-order valence-corrected chi connectivity index (χ4v) is 2.95. The van der Waals surface area contributed by atoms with E-state index in [0.29, 0.717) is 16.8 Å². The maximum Gasteiger partial charge on any atom is 0.249 e. The first kappa shape index (κ1) is 13.9. The van der Waals surface area contributed by atoms with Crippen molar-refractivity contribution in [1.82, 2.24) is 4.98 Å². The van der Waals surface area contributed by atoms with E-state index >= 15 is 0 Å². The molecule has 0 spiro atoms. The Morgan fingerprint density at radius 2 is 1.60 bits per heavy atom. The van der Waals surface area contributed by atoms with E-state index in [4.69, 9.17) is 7.10 Å². The topological polar surface area (TPSA) is 56.0 Å². The molecule has 0 saturated heterocycles. The molecule has 1 heterocycles. The van der Waals surface area contributed by atoms with Crippen LogP contribution < -0.4 is 5.73 Å². The maximum absolute atomic E-state index is 11.7. The van der Waals surface area contributed by atoms with Gasteiger partial charge < -0.3 is 5.73 Å². The molecule has 0 radical (unpaired) electrons. The van der Waals surface area contributed by atoms with Crippen LogP contribution in [0.2, 0.25) is 0 Å². The molecule has 0 unspecified atom stereocenters. The van der Waals surface area contributed by atoms with E-state index in [0.717, 1.165) is 21.9 Å². The number of pyridine rings is 1. The number of hydrogen-bond donors (Lipinski definition) is 1. The number of benzene rings is 3. The molecular weight excluding hydrogens is 308 g/mol. The minimum Gasteiger partial charge on any atom is -0.366 e. The quantitative estimate of drug-likeness (QED) is 0.595. The molecular formula is C22H16N2O. The molecule has 3 nitrogen and oxygen atoms in total. The summed E-state index contributed by atoms with van der Waals surface area (Å²) in [5.74, 6) is -0.507. The summed E-state index contributed by atoms with van der Waals surface area (Å²) in [6, 6.07) is 25.0. The zero-order valence-electron chi connectivity index (χ0n) is 14.4. The summed E-state index contributed by atoms with van der Waals surface area (Å²) in [6.07, 6.45) is 0.177. The minimum absolute atomic E-state index is 0.177. The Morgan fingerprint density at radius 1 is 0.840 bits per heavy atom. The van der Waals surface area contributed by atoms with Crippen LogP contribution >= 0.6 is 0 Å². The molecule has 1 amide bonds. The molecule has 0 atom stereocenters. The number of carbonyl (C=O) groups is 1. The highest BCUT2D eigenvalue weighted by molar-refractivity contribution is 6.00. The van der Waals surface area contributed by atoms with Gasteiger partial charge in [0.05, 0.1) is 7.06 Å². The van der Waals surface area contributed by atoms with Crippen molar-refractivity contribution in [3.05, 3.63) is 90.6 Å². The van der Waals surface area contributed by atoms with Gasteiger partial charge in [0.2, 0.25) is 5.91 Å². The highest BCUT2D eigenvalue weighted by Crippen LogP contribution is 2.28. The van der Waals surface area contributed by atoms with Gasteiger partial charge in [-0.2, -0.15) is 0 Å². The first-order valence-corrected chi connectivity index (χ1v) is 7.99. The zero-order chi connectivity index (χ0) is 18.1. The van der Waals surface area contributed by atoms with Gasteiger partial charge in [0.15, 0.2) is 0 Å². The van der Waals surface area contributed by atoms with Gasteiger partial charge in [0.25, 0.3) is 0 Å². The van der Waals surface area contributed by atoms with E-state index in [-0.39, 0.29) is 6.17 Å². The molecule has 0 fully saturated rings. The van der Waals surface area contributed by atoms with Crippen LogP contribution in [-0.4, -0.2) is 10.9 Å². The Morgan fingerprint density at radius 3 is 2.40 bits per heavy atom. The van der Waals surface area contributed by atoms with Crippen molar-refractivity contribution in [3.63, 3.8) is 0 Å². The first-order valence-electron chi connectivity index (χ1n) is 8.49. The second kappa shape index (κ2) is 6.21. The maximum atomic E-state index is 11.7. The van der Waals surface area contributed by atoms with E-state index < -0.39 is 5.91 Å². The summed E-state index contributed by atoms with van der Waals surface area (Å²) in [6.45, 7) is 0. The highest BCUT2D eigenvalue weighted by Gasteiger charge is 2.11. The SMILES string of the molecule is [2H]c1nc(-c2ccccc2C(N)=O)cc2cc(-c3ccccc3)ccc12. The Balaban J connectivity index is 1.92. The fourth-order valence-electron chi connectivity index (χ4n) is 2.95. The number of carbonyl (C=O) groups excluding carboxylic acids is 1. The van der Waals surface area contributed by atoms with Crippen molar-refractivity contribution < 1.29 is 6.17 Å². The number of fused-ring (bicyclic) bond motifs is 1. The summed E-state index contributed by atoms with van der Waals surface area (Å²) in [7, 11) is 0. The van der Waals surface area contributed by atoms with Crippen LogP contribution in [-0.2, 0) is 0 Å². The third-order valence-corrected chi connectivity index (χ3v) is 4.22.